The van der Waals surface area contributed by atoms with Crippen molar-refractivity contribution in [2.75, 3.05) is 18.0 Å². The molecule has 1 aliphatic rings. The van der Waals surface area contributed by atoms with Crippen molar-refractivity contribution in [3.8, 4) is 5.75 Å². The number of rotatable bonds is 12. The van der Waals surface area contributed by atoms with Crippen molar-refractivity contribution >= 4 is 27.5 Å². The van der Waals surface area contributed by atoms with Gasteiger partial charge in [0.2, 0.25) is 11.8 Å². The van der Waals surface area contributed by atoms with Crippen LogP contribution in [0.4, 0.5) is 5.69 Å². The van der Waals surface area contributed by atoms with Crippen molar-refractivity contribution in [2.45, 2.75) is 69.5 Å². The smallest absolute Gasteiger partial charge is 0.264 e. The highest BCUT2D eigenvalue weighted by Gasteiger charge is 2.35. The molecule has 1 aliphatic carbocycles. The van der Waals surface area contributed by atoms with E-state index in [9.17, 15) is 18.0 Å². The molecule has 1 saturated carbocycles. The number of carbonyl (C=O) groups is 2. The molecule has 218 valence electrons. The molecular formula is C32H39N3O5S. The fourth-order valence-corrected chi connectivity index (χ4v) is 6.68. The molecule has 3 aromatic rings. The van der Waals surface area contributed by atoms with E-state index in [-0.39, 0.29) is 29.1 Å². The van der Waals surface area contributed by atoms with Gasteiger partial charge in [0, 0.05) is 12.6 Å². The lowest BCUT2D eigenvalue weighted by molar-refractivity contribution is -0.140. The monoisotopic (exact) mass is 577 g/mol. The number of aryl methyl sites for hydroxylation is 1. The van der Waals surface area contributed by atoms with Gasteiger partial charge in [-0.25, -0.2) is 8.42 Å². The second-order valence-electron chi connectivity index (χ2n) is 10.4. The summed E-state index contributed by atoms with van der Waals surface area (Å²) in [6, 6.07) is 22.0. The zero-order chi connectivity index (χ0) is 29.4. The first kappa shape index (κ1) is 30.1. The van der Waals surface area contributed by atoms with Gasteiger partial charge in [0.25, 0.3) is 10.0 Å². The van der Waals surface area contributed by atoms with Crippen LogP contribution in [-0.2, 0) is 26.2 Å². The minimum Gasteiger partial charge on any atom is -0.495 e. The van der Waals surface area contributed by atoms with Crippen LogP contribution in [0.2, 0.25) is 0 Å². The number of sulfonamides is 1. The molecule has 8 nitrogen and oxygen atoms in total. The summed E-state index contributed by atoms with van der Waals surface area (Å²) in [5, 5.41) is 3.13. The lowest BCUT2D eigenvalue weighted by Crippen LogP contribution is -2.53. The molecule has 3 aromatic carbocycles. The van der Waals surface area contributed by atoms with E-state index in [1.165, 1.54) is 24.1 Å². The Kier molecular flexibility index (Phi) is 10.0. The molecule has 0 aliphatic heterocycles. The Morgan fingerprint density at radius 1 is 0.951 bits per heavy atom. The largest absolute Gasteiger partial charge is 0.495 e. The van der Waals surface area contributed by atoms with Crippen molar-refractivity contribution in [1.29, 1.82) is 0 Å². The van der Waals surface area contributed by atoms with Crippen molar-refractivity contribution < 1.29 is 22.7 Å². The average Bonchev–Trinajstić information content (AvgIpc) is 3.49. The Balaban J connectivity index is 1.73. The number of amides is 2. The number of carbonyl (C=O) groups excluding carboxylic acids is 2. The minimum absolute atomic E-state index is 0.0578. The highest BCUT2D eigenvalue weighted by atomic mass is 32.2. The number of ether oxygens (including phenoxy) is 1. The molecule has 0 unspecified atom stereocenters. The second kappa shape index (κ2) is 13.7. The Morgan fingerprint density at radius 3 is 2.22 bits per heavy atom. The molecule has 41 heavy (non-hydrogen) atoms. The maximum atomic E-state index is 14.2. The quantitative estimate of drug-likeness (QED) is 0.325. The molecule has 0 radical (unpaired) electrons. The summed E-state index contributed by atoms with van der Waals surface area (Å²) < 4.78 is 34.7. The summed E-state index contributed by atoms with van der Waals surface area (Å²) in [4.78, 5) is 29.3. The van der Waals surface area contributed by atoms with Crippen LogP contribution in [0.1, 0.15) is 50.2 Å². The summed E-state index contributed by atoms with van der Waals surface area (Å²) in [6.07, 6.45) is 4.37. The molecular weight excluding hydrogens is 538 g/mol. The van der Waals surface area contributed by atoms with Crippen LogP contribution < -0.4 is 14.4 Å². The number of hydrogen-bond donors (Lipinski definition) is 1. The van der Waals surface area contributed by atoms with Crippen LogP contribution >= 0.6 is 0 Å². The van der Waals surface area contributed by atoms with E-state index in [4.69, 9.17) is 4.74 Å². The Labute approximate surface area is 243 Å². The highest BCUT2D eigenvalue weighted by molar-refractivity contribution is 7.92. The topological polar surface area (TPSA) is 96.0 Å². The van der Waals surface area contributed by atoms with Gasteiger partial charge in [-0.15, -0.1) is 0 Å². The van der Waals surface area contributed by atoms with Crippen LogP contribution in [0.3, 0.4) is 0 Å². The summed E-state index contributed by atoms with van der Waals surface area (Å²) in [5.41, 5.74) is 2.00. The van der Waals surface area contributed by atoms with Crippen LogP contribution in [-0.4, -0.2) is 50.9 Å². The van der Waals surface area contributed by atoms with Gasteiger partial charge in [-0.1, -0.05) is 79.9 Å². The summed E-state index contributed by atoms with van der Waals surface area (Å²) in [7, 11) is -2.71. The Morgan fingerprint density at radius 2 is 1.59 bits per heavy atom. The third kappa shape index (κ3) is 7.27. The average molecular weight is 578 g/mol. The third-order valence-corrected chi connectivity index (χ3v) is 9.30. The van der Waals surface area contributed by atoms with E-state index in [0.29, 0.717) is 12.2 Å². The van der Waals surface area contributed by atoms with Gasteiger partial charge in [0.1, 0.15) is 18.3 Å². The van der Waals surface area contributed by atoms with Gasteiger partial charge in [-0.05, 0) is 56.0 Å². The lowest BCUT2D eigenvalue weighted by Gasteiger charge is -2.34. The van der Waals surface area contributed by atoms with E-state index >= 15 is 0 Å². The number of hydrogen-bond acceptors (Lipinski definition) is 5. The van der Waals surface area contributed by atoms with Crippen LogP contribution in [0.15, 0.2) is 83.8 Å². The number of anilines is 1. The van der Waals surface area contributed by atoms with Crippen LogP contribution in [0.5, 0.6) is 5.75 Å². The summed E-state index contributed by atoms with van der Waals surface area (Å²) in [6.45, 7) is 3.41. The predicted molar refractivity (Wildman–Crippen MR) is 160 cm³/mol. The zero-order valence-electron chi connectivity index (χ0n) is 24.0. The number of para-hydroxylation sites is 2. The molecule has 2 amide bonds. The summed E-state index contributed by atoms with van der Waals surface area (Å²) >= 11 is 0. The highest BCUT2D eigenvalue weighted by Crippen LogP contribution is 2.32. The standard InChI is InChI=1S/C32H39N3O5S/c1-4-28(32(37)33-26-14-8-9-15-26)34(22-25-12-6-5-7-13-25)31(36)23-35(29-16-10-11-17-30(29)40-3)41(38,39)27-20-18-24(2)19-21-27/h5-7,10-13,16-21,26,28H,4,8-9,14-15,22-23H2,1-3H3,(H,33,37)/t28-/m0/s1. The van der Waals surface area contributed by atoms with Gasteiger partial charge >= 0.3 is 0 Å². The van der Waals surface area contributed by atoms with Gasteiger partial charge in [0.05, 0.1) is 17.7 Å². The molecule has 0 aromatic heterocycles. The molecule has 0 saturated heterocycles. The SMILES string of the molecule is CC[C@@H](C(=O)NC1CCCC1)N(Cc1ccccc1)C(=O)CN(c1ccccc1OC)S(=O)(=O)c1ccc(C)cc1. The molecule has 0 heterocycles. The molecule has 4 rings (SSSR count). The molecule has 0 bridgehead atoms. The van der Waals surface area contributed by atoms with Crippen molar-refractivity contribution in [2.24, 2.45) is 0 Å². The normalized spacial score (nSPS) is 14.3. The fraction of sp³-hybridized carbons (Fsp3) is 0.375. The van der Waals surface area contributed by atoms with Crippen molar-refractivity contribution in [3.05, 3.63) is 90.0 Å². The van der Waals surface area contributed by atoms with E-state index in [2.05, 4.69) is 5.32 Å². The van der Waals surface area contributed by atoms with Crippen molar-refractivity contribution in [3.63, 3.8) is 0 Å². The minimum atomic E-state index is -4.17. The zero-order valence-corrected chi connectivity index (χ0v) is 24.8. The maximum Gasteiger partial charge on any atom is 0.264 e. The van der Waals surface area contributed by atoms with Crippen molar-refractivity contribution in [1.82, 2.24) is 10.2 Å². The van der Waals surface area contributed by atoms with Gasteiger partial charge in [-0.2, -0.15) is 0 Å². The third-order valence-electron chi connectivity index (χ3n) is 7.52. The number of nitrogens with one attached hydrogen (secondary N) is 1. The predicted octanol–water partition coefficient (Wildman–Crippen LogP) is 5.07. The van der Waals surface area contributed by atoms with Crippen LogP contribution in [0.25, 0.3) is 0 Å². The number of nitrogens with zero attached hydrogens (tertiary/aromatic N) is 2. The van der Waals surface area contributed by atoms with E-state index in [1.807, 2.05) is 44.2 Å². The number of benzene rings is 3. The van der Waals surface area contributed by atoms with Crippen LogP contribution in [0, 0.1) is 6.92 Å². The fourth-order valence-electron chi connectivity index (χ4n) is 5.25. The molecule has 1 fully saturated rings. The van der Waals surface area contributed by atoms with Gasteiger partial charge < -0.3 is 15.0 Å². The Bertz CT molecular complexity index is 1420. The lowest BCUT2D eigenvalue weighted by atomic mass is 10.1. The molecule has 9 heteroatoms. The first-order valence-electron chi connectivity index (χ1n) is 14.1. The van der Waals surface area contributed by atoms with Gasteiger partial charge in [-0.3, -0.25) is 13.9 Å². The van der Waals surface area contributed by atoms with E-state index in [0.717, 1.165) is 41.1 Å². The first-order valence-corrected chi connectivity index (χ1v) is 15.5. The molecule has 1 atom stereocenters. The van der Waals surface area contributed by atoms with Gasteiger partial charge in [0.15, 0.2) is 0 Å². The maximum absolute atomic E-state index is 14.2. The molecule has 1 N–H and O–H groups in total. The van der Waals surface area contributed by atoms with E-state index < -0.39 is 28.5 Å². The first-order chi connectivity index (χ1) is 19.7. The molecule has 0 spiro atoms. The Hall–Kier alpha value is -3.85. The second-order valence-corrected chi connectivity index (χ2v) is 12.3. The number of methoxy groups -OCH3 is 1. The summed E-state index contributed by atoms with van der Waals surface area (Å²) in [5.74, 6) is -0.380. The van der Waals surface area contributed by atoms with E-state index in [1.54, 1.807) is 36.4 Å².